The molecule has 0 spiro atoms. The van der Waals surface area contributed by atoms with Crippen LogP contribution in [0.2, 0.25) is 10.0 Å². The first-order valence-electron chi connectivity index (χ1n) is 5.85. The van der Waals surface area contributed by atoms with Crippen molar-refractivity contribution in [3.05, 3.63) is 33.8 Å². The van der Waals surface area contributed by atoms with Gasteiger partial charge in [-0.1, -0.05) is 43.5 Å². The molecule has 19 heavy (non-hydrogen) atoms. The molecule has 1 rings (SSSR count). The third-order valence-corrected chi connectivity index (χ3v) is 3.50. The van der Waals surface area contributed by atoms with Crippen molar-refractivity contribution in [2.75, 3.05) is 0 Å². The molecular formula is C13H15Cl2NO3. The minimum atomic E-state index is -1.07. The van der Waals surface area contributed by atoms with E-state index in [9.17, 15) is 9.59 Å². The summed E-state index contributed by atoms with van der Waals surface area (Å²) in [5.41, 5.74) is 0.170. The van der Waals surface area contributed by atoms with Crippen molar-refractivity contribution in [2.45, 2.75) is 26.3 Å². The Kier molecular flexibility index (Phi) is 5.63. The number of carboxylic acid groups (broad SMARTS) is 1. The summed E-state index contributed by atoms with van der Waals surface area (Å²) in [6, 6.07) is 3.52. The average Bonchev–Trinajstić information content (AvgIpc) is 2.37. The van der Waals surface area contributed by atoms with Crippen LogP contribution in [-0.4, -0.2) is 23.0 Å². The van der Waals surface area contributed by atoms with Gasteiger partial charge in [0.05, 0.1) is 10.6 Å². The lowest BCUT2D eigenvalue weighted by molar-refractivity contribution is -0.140. The number of rotatable bonds is 5. The van der Waals surface area contributed by atoms with Crippen molar-refractivity contribution in [2.24, 2.45) is 5.92 Å². The predicted molar refractivity (Wildman–Crippen MR) is 74.8 cm³/mol. The molecule has 6 heteroatoms. The maximum atomic E-state index is 12.0. The van der Waals surface area contributed by atoms with Gasteiger partial charge < -0.3 is 10.4 Å². The van der Waals surface area contributed by atoms with E-state index in [0.29, 0.717) is 11.4 Å². The van der Waals surface area contributed by atoms with E-state index in [1.807, 2.05) is 6.92 Å². The molecule has 0 aromatic heterocycles. The van der Waals surface area contributed by atoms with Gasteiger partial charge in [0.25, 0.3) is 5.91 Å². The smallest absolute Gasteiger partial charge is 0.326 e. The second kappa shape index (κ2) is 6.78. The van der Waals surface area contributed by atoms with Crippen LogP contribution in [0.25, 0.3) is 0 Å². The summed E-state index contributed by atoms with van der Waals surface area (Å²) in [7, 11) is 0. The number of aliphatic carboxylic acids is 1. The van der Waals surface area contributed by atoms with E-state index >= 15 is 0 Å². The lowest BCUT2D eigenvalue weighted by atomic mass is 9.99. The number of hydrogen-bond donors (Lipinski definition) is 2. The number of benzene rings is 1. The topological polar surface area (TPSA) is 66.4 Å². The zero-order valence-corrected chi connectivity index (χ0v) is 12.1. The van der Waals surface area contributed by atoms with Gasteiger partial charge >= 0.3 is 5.97 Å². The lowest BCUT2D eigenvalue weighted by Crippen LogP contribution is -2.45. The second-order valence-electron chi connectivity index (χ2n) is 4.30. The highest BCUT2D eigenvalue weighted by Crippen LogP contribution is 2.21. The quantitative estimate of drug-likeness (QED) is 0.877. The molecule has 0 radical (unpaired) electrons. The number of halogens is 2. The Labute approximate surface area is 121 Å². The number of amides is 1. The monoisotopic (exact) mass is 303 g/mol. The highest BCUT2D eigenvalue weighted by molar-refractivity contribution is 6.35. The third kappa shape index (κ3) is 4.11. The summed E-state index contributed by atoms with van der Waals surface area (Å²) in [6.45, 7) is 3.62. The fraction of sp³-hybridized carbons (Fsp3) is 0.385. The van der Waals surface area contributed by atoms with Crippen molar-refractivity contribution in [3.8, 4) is 0 Å². The van der Waals surface area contributed by atoms with Crippen LogP contribution in [0.1, 0.15) is 30.6 Å². The van der Waals surface area contributed by atoms with Gasteiger partial charge in [-0.05, 0) is 24.1 Å². The molecule has 1 amide bonds. The normalized spacial score (nSPS) is 13.7. The average molecular weight is 304 g/mol. The second-order valence-corrected chi connectivity index (χ2v) is 5.14. The minimum absolute atomic E-state index is 0.170. The number of carboxylic acids is 1. The highest BCUT2D eigenvalue weighted by atomic mass is 35.5. The summed E-state index contributed by atoms with van der Waals surface area (Å²) in [4.78, 5) is 23.2. The Morgan fingerprint density at radius 2 is 2.00 bits per heavy atom. The maximum Gasteiger partial charge on any atom is 0.326 e. The molecule has 0 heterocycles. The molecule has 0 aliphatic heterocycles. The molecule has 2 N–H and O–H groups in total. The fourth-order valence-electron chi connectivity index (χ4n) is 1.57. The van der Waals surface area contributed by atoms with Crippen LogP contribution in [0.5, 0.6) is 0 Å². The van der Waals surface area contributed by atoms with Gasteiger partial charge in [-0.3, -0.25) is 4.79 Å². The van der Waals surface area contributed by atoms with Crippen molar-refractivity contribution < 1.29 is 14.7 Å². The summed E-state index contributed by atoms with van der Waals surface area (Å²) in [6.07, 6.45) is 0.639. The van der Waals surface area contributed by atoms with Gasteiger partial charge in [0.15, 0.2) is 0 Å². The van der Waals surface area contributed by atoms with Gasteiger partial charge in [0.1, 0.15) is 6.04 Å². The largest absolute Gasteiger partial charge is 0.480 e. The molecule has 0 saturated carbocycles. The highest BCUT2D eigenvalue weighted by Gasteiger charge is 2.26. The first-order valence-corrected chi connectivity index (χ1v) is 6.61. The van der Waals surface area contributed by atoms with Crippen LogP contribution < -0.4 is 5.32 Å². The van der Waals surface area contributed by atoms with Gasteiger partial charge in [0, 0.05) is 5.02 Å². The molecule has 0 saturated heterocycles. The molecular weight excluding hydrogens is 289 g/mol. The molecule has 0 aliphatic rings. The van der Waals surface area contributed by atoms with Crippen LogP contribution in [0.15, 0.2) is 18.2 Å². The minimum Gasteiger partial charge on any atom is -0.480 e. The Hall–Kier alpha value is -1.26. The maximum absolute atomic E-state index is 12.0. The molecule has 1 aromatic carbocycles. The first kappa shape index (κ1) is 15.8. The van der Waals surface area contributed by atoms with E-state index in [0.717, 1.165) is 0 Å². The third-order valence-electron chi connectivity index (χ3n) is 2.94. The summed E-state index contributed by atoms with van der Waals surface area (Å²) >= 11 is 11.7. The van der Waals surface area contributed by atoms with Crippen LogP contribution in [0.4, 0.5) is 0 Å². The lowest BCUT2D eigenvalue weighted by Gasteiger charge is -2.20. The van der Waals surface area contributed by atoms with Gasteiger partial charge in [-0.2, -0.15) is 0 Å². The van der Waals surface area contributed by atoms with E-state index in [1.165, 1.54) is 12.1 Å². The number of carbonyl (C=O) groups is 2. The Bertz CT molecular complexity index is 491. The summed E-state index contributed by atoms with van der Waals surface area (Å²) < 4.78 is 0. The fourth-order valence-corrected chi connectivity index (χ4v) is 1.95. The molecule has 104 valence electrons. The zero-order chi connectivity index (χ0) is 14.6. The van der Waals surface area contributed by atoms with E-state index in [4.69, 9.17) is 28.3 Å². The Morgan fingerprint density at radius 3 is 2.53 bits per heavy atom. The standard InChI is InChI=1S/C13H15Cl2NO3/c1-3-7(2)11(13(18)19)16-12(17)9-6-8(14)4-5-10(9)15/h4-7,11H,3H2,1-2H3,(H,16,17)(H,18,19)/t7-,11-/m0/s1. The van der Waals surface area contributed by atoms with Gasteiger partial charge in [-0.25, -0.2) is 4.79 Å². The van der Waals surface area contributed by atoms with Crippen LogP contribution in [0, 0.1) is 5.92 Å². The SMILES string of the molecule is CC[C@H](C)[C@H](NC(=O)c1cc(Cl)ccc1Cl)C(=O)O. The van der Waals surface area contributed by atoms with Crippen LogP contribution >= 0.6 is 23.2 Å². The van der Waals surface area contributed by atoms with Crippen molar-refractivity contribution in [1.29, 1.82) is 0 Å². The van der Waals surface area contributed by atoms with Crippen LogP contribution in [0.3, 0.4) is 0 Å². The van der Waals surface area contributed by atoms with Gasteiger partial charge in [0.2, 0.25) is 0 Å². The zero-order valence-electron chi connectivity index (χ0n) is 10.6. The van der Waals surface area contributed by atoms with Gasteiger partial charge in [-0.15, -0.1) is 0 Å². The van der Waals surface area contributed by atoms with E-state index < -0.39 is 17.9 Å². The summed E-state index contributed by atoms with van der Waals surface area (Å²) in [5.74, 6) is -1.79. The van der Waals surface area contributed by atoms with Crippen molar-refractivity contribution >= 4 is 35.1 Å². The van der Waals surface area contributed by atoms with Crippen molar-refractivity contribution in [1.82, 2.24) is 5.32 Å². The number of carbonyl (C=O) groups excluding carboxylic acids is 1. The van der Waals surface area contributed by atoms with E-state index in [2.05, 4.69) is 5.32 Å². The molecule has 0 aliphatic carbocycles. The molecule has 0 fully saturated rings. The Morgan fingerprint density at radius 1 is 1.37 bits per heavy atom. The molecule has 0 unspecified atom stereocenters. The molecule has 1 aromatic rings. The molecule has 0 bridgehead atoms. The van der Waals surface area contributed by atoms with Crippen molar-refractivity contribution in [3.63, 3.8) is 0 Å². The Balaban J connectivity index is 2.94. The molecule has 2 atom stereocenters. The summed E-state index contributed by atoms with van der Waals surface area (Å²) in [5, 5.41) is 12.2. The number of hydrogen-bond acceptors (Lipinski definition) is 2. The van der Waals surface area contributed by atoms with E-state index in [-0.39, 0.29) is 16.5 Å². The molecule has 4 nitrogen and oxygen atoms in total. The number of nitrogens with one attached hydrogen (secondary N) is 1. The first-order chi connectivity index (χ1) is 8.86. The van der Waals surface area contributed by atoms with Crippen LogP contribution in [-0.2, 0) is 4.79 Å². The van der Waals surface area contributed by atoms with E-state index in [1.54, 1.807) is 13.0 Å². The predicted octanol–water partition coefficient (Wildman–Crippen LogP) is 3.22.